The molecule has 0 radical (unpaired) electrons. The smallest absolute Gasteiger partial charge is 0.338 e. The van der Waals surface area contributed by atoms with Gasteiger partial charge in [0.15, 0.2) is 6.29 Å². The van der Waals surface area contributed by atoms with Crippen LogP contribution in [0.5, 0.6) is 0 Å². The van der Waals surface area contributed by atoms with Crippen LogP contribution in [-0.4, -0.2) is 44.2 Å². The monoisotopic (exact) mass is 384 g/mol. The highest BCUT2D eigenvalue weighted by Gasteiger charge is 2.39. The van der Waals surface area contributed by atoms with Crippen LogP contribution in [0.25, 0.3) is 0 Å². The largest absolute Gasteiger partial charge is 0.459 e. The maximum atomic E-state index is 12.4. The van der Waals surface area contributed by atoms with E-state index in [-0.39, 0.29) is 6.61 Å². The maximum absolute atomic E-state index is 12.4. The van der Waals surface area contributed by atoms with Crippen molar-refractivity contribution in [2.24, 2.45) is 0 Å². The molecule has 28 heavy (non-hydrogen) atoms. The fourth-order valence-corrected chi connectivity index (χ4v) is 2.93. The Labute approximate surface area is 164 Å². The summed E-state index contributed by atoms with van der Waals surface area (Å²) >= 11 is 0. The van der Waals surface area contributed by atoms with Crippen LogP contribution in [-0.2, 0) is 18.9 Å². The van der Waals surface area contributed by atoms with E-state index in [9.17, 15) is 9.59 Å². The molecule has 2 aromatic rings. The zero-order valence-electron chi connectivity index (χ0n) is 16.2. The highest BCUT2D eigenvalue weighted by molar-refractivity contribution is 5.90. The lowest BCUT2D eigenvalue weighted by molar-refractivity contribution is -0.128. The van der Waals surface area contributed by atoms with Crippen LogP contribution in [0, 0.1) is 13.8 Å². The number of rotatable bonds is 6. The van der Waals surface area contributed by atoms with E-state index in [0.717, 1.165) is 11.1 Å². The van der Waals surface area contributed by atoms with E-state index in [1.807, 2.05) is 38.1 Å². The Hall–Kier alpha value is -2.70. The van der Waals surface area contributed by atoms with Crippen molar-refractivity contribution in [1.82, 2.24) is 0 Å². The van der Waals surface area contributed by atoms with Crippen molar-refractivity contribution >= 4 is 11.9 Å². The minimum Gasteiger partial charge on any atom is -0.459 e. The van der Waals surface area contributed by atoms with Gasteiger partial charge in [-0.05, 0) is 38.1 Å². The molecule has 148 valence electrons. The molecule has 3 rings (SSSR count). The van der Waals surface area contributed by atoms with Crippen LogP contribution in [0.3, 0.4) is 0 Å². The lowest BCUT2D eigenvalue weighted by Crippen LogP contribution is -2.32. The summed E-state index contributed by atoms with van der Waals surface area (Å²) in [5.41, 5.74) is 3.03. The third-order valence-electron chi connectivity index (χ3n) is 4.64. The Morgan fingerprint density at radius 2 is 1.46 bits per heavy atom. The van der Waals surface area contributed by atoms with Gasteiger partial charge in [0.1, 0.15) is 18.8 Å². The number of carbonyl (C=O) groups is 2. The summed E-state index contributed by atoms with van der Waals surface area (Å²) in [6.07, 6.45) is -1.29. The van der Waals surface area contributed by atoms with Crippen LogP contribution < -0.4 is 0 Å². The van der Waals surface area contributed by atoms with Gasteiger partial charge in [0.25, 0.3) is 0 Å². The van der Waals surface area contributed by atoms with Crippen molar-refractivity contribution in [2.75, 3.05) is 13.7 Å². The summed E-state index contributed by atoms with van der Waals surface area (Å²) in [5, 5.41) is 0. The first-order valence-corrected chi connectivity index (χ1v) is 9.16. The molecule has 6 nitrogen and oxygen atoms in total. The molecule has 0 aromatic heterocycles. The Balaban J connectivity index is 1.61. The van der Waals surface area contributed by atoms with Crippen molar-refractivity contribution in [3.63, 3.8) is 0 Å². The number of ether oxygens (including phenoxy) is 4. The molecule has 0 amide bonds. The fourth-order valence-electron chi connectivity index (χ4n) is 2.93. The lowest BCUT2D eigenvalue weighted by atomic mass is 10.1. The summed E-state index contributed by atoms with van der Waals surface area (Å²) in [5.74, 6) is -0.895. The molecule has 0 N–H and O–H groups in total. The minimum absolute atomic E-state index is 0.0294. The zero-order chi connectivity index (χ0) is 20.1. The first-order valence-electron chi connectivity index (χ1n) is 9.16. The Morgan fingerprint density at radius 1 is 0.929 bits per heavy atom. The Kier molecular flexibility index (Phi) is 6.44. The molecule has 6 heteroatoms. The average Bonchev–Trinajstić information content (AvgIpc) is 3.09. The predicted octanol–water partition coefficient (Wildman–Crippen LogP) is 3.45. The van der Waals surface area contributed by atoms with Gasteiger partial charge in [0.05, 0.1) is 11.1 Å². The second-order valence-corrected chi connectivity index (χ2v) is 6.85. The van der Waals surface area contributed by atoms with E-state index < -0.39 is 30.4 Å². The van der Waals surface area contributed by atoms with Crippen LogP contribution in [0.2, 0.25) is 0 Å². The van der Waals surface area contributed by atoms with Crippen molar-refractivity contribution in [2.45, 2.75) is 38.8 Å². The molecule has 1 aliphatic rings. The van der Waals surface area contributed by atoms with Crippen LogP contribution in [0.1, 0.15) is 38.3 Å². The Morgan fingerprint density at radius 3 is 2.00 bits per heavy atom. The van der Waals surface area contributed by atoms with Crippen molar-refractivity contribution < 1.29 is 28.5 Å². The Bertz CT molecular complexity index is 812. The van der Waals surface area contributed by atoms with Crippen molar-refractivity contribution in [3.8, 4) is 0 Å². The molecule has 1 fully saturated rings. The SMILES string of the molecule is CO[C@H]1C[C@H](OC(=O)c2ccc(C)cc2)[C@@H](COC(=O)c2ccc(C)cc2)O1. The number of aryl methyl sites for hydroxylation is 2. The van der Waals surface area contributed by atoms with Gasteiger partial charge >= 0.3 is 11.9 Å². The molecule has 1 aliphatic heterocycles. The third kappa shape index (κ3) is 4.97. The number of carbonyl (C=O) groups excluding carboxylic acids is 2. The normalized spacial score (nSPS) is 21.3. The number of hydrogen-bond acceptors (Lipinski definition) is 6. The third-order valence-corrected chi connectivity index (χ3v) is 4.64. The second kappa shape index (κ2) is 8.99. The zero-order valence-corrected chi connectivity index (χ0v) is 16.2. The van der Waals surface area contributed by atoms with Gasteiger partial charge in [0.2, 0.25) is 0 Å². The van der Waals surface area contributed by atoms with E-state index >= 15 is 0 Å². The molecular weight excluding hydrogens is 360 g/mol. The van der Waals surface area contributed by atoms with Gasteiger partial charge in [-0.1, -0.05) is 35.4 Å². The van der Waals surface area contributed by atoms with E-state index in [0.29, 0.717) is 17.5 Å². The molecule has 2 aromatic carbocycles. The summed E-state index contributed by atoms with van der Waals surface area (Å²) in [7, 11) is 1.52. The first kappa shape index (κ1) is 20.0. The number of benzene rings is 2. The molecule has 0 saturated carbocycles. The summed E-state index contributed by atoms with van der Waals surface area (Å²) in [4.78, 5) is 24.6. The van der Waals surface area contributed by atoms with Crippen LogP contribution in [0.15, 0.2) is 48.5 Å². The van der Waals surface area contributed by atoms with E-state index in [1.165, 1.54) is 7.11 Å². The van der Waals surface area contributed by atoms with Gasteiger partial charge in [-0.25, -0.2) is 9.59 Å². The van der Waals surface area contributed by atoms with Crippen molar-refractivity contribution in [3.05, 3.63) is 70.8 Å². The summed E-state index contributed by atoms with van der Waals surface area (Å²) in [6, 6.07) is 14.2. The van der Waals surface area contributed by atoms with Gasteiger partial charge in [-0.3, -0.25) is 0 Å². The molecule has 0 unspecified atom stereocenters. The maximum Gasteiger partial charge on any atom is 0.338 e. The van der Waals surface area contributed by atoms with E-state index in [4.69, 9.17) is 18.9 Å². The fraction of sp³-hybridized carbons (Fsp3) is 0.364. The van der Waals surface area contributed by atoms with Gasteiger partial charge < -0.3 is 18.9 Å². The molecule has 1 saturated heterocycles. The van der Waals surface area contributed by atoms with Crippen LogP contribution >= 0.6 is 0 Å². The number of hydrogen-bond donors (Lipinski definition) is 0. The lowest BCUT2D eigenvalue weighted by Gasteiger charge is -2.19. The molecule has 0 bridgehead atoms. The first-order chi connectivity index (χ1) is 13.5. The van der Waals surface area contributed by atoms with Gasteiger partial charge in [0, 0.05) is 13.5 Å². The standard InChI is InChI=1S/C22H24O6/c1-14-4-8-16(9-5-14)21(23)26-13-19-18(12-20(25-3)27-19)28-22(24)17-10-6-15(2)7-11-17/h4-11,18-20H,12-13H2,1-3H3/t18-,19+,20+/m0/s1. The van der Waals surface area contributed by atoms with Crippen molar-refractivity contribution in [1.29, 1.82) is 0 Å². The average molecular weight is 384 g/mol. The summed E-state index contributed by atoms with van der Waals surface area (Å²) in [6.45, 7) is 3.86. The van der Waals surface area contributed by atoms with E-state index in [2.05, 4.69) is 0 Å². The van der Waals surface area contributed by atoms with Gasteiger partial charge in [-0.15, -0.1) is 0 Å². The quantitative estimate of drug-likeness (QED) is 0.711. The minimum atomic E-state index is -0.589. The highest BCUT2D eigenvalue weighted by atomic mass is 16.7. The molecule has 1 heterocycles. The van der Waals surface area contributed by atoms with Gasteiger partial charge in [-0.2, -0.15) is 0 Å². The van der Waals surface area contributed by atoms with E-state index in [1.54, 1.807) is 24.3 Å². The predicted molar refractivity (Wildman–Crippen MR) is 102 cm³/mol. The number of methoxy groups -OCH3 is 1. The summed E-state index contributed by atoms with van der Waals surface area (Å²) < 4.78 is 21.9. The topological polar surface area (TPSA) is 71.1 Å². The van der Waals surface area contributed by atoms with Crippen LogP contribution in [0.4, 0.5) is 0 Å². The second-order valence-electron chi connectivity index (χ2n) is 6.85. The molecule has 3 atom stereocenters. The molecule has 0 spiro atoms. The highest BCUT2D eigenvalue weighted by Crippen LogP contribution is 2.25. The molecular formula is C22H24O6. The number of esters is 2. The molecule has 0 aliphatic carbocycles.